The lowest BCUT2D eigenvalue weighted by Crippen LogP contribution is -2.27. The summed E-state index contributed by atoms with van der Waals surface area (Å²) in [6, 6.07) is 2.11. The molecule has 0 bridgehead atoms. The Morgan fingerprint density at radius 2 is 2.44 bits per heavy atom. The number of alkyl halides is 1. The van der Waals surface area contributed by atoms with Crippen LogP contribution in [0.1, 0.15) is 13.3 Å². The van der Waals surface area contributed by atoms with Gasteiger partial charge in [-0.05, 0) is 6.92 Å². The average molecular weight is 130 g/mol. The van der Waals surface area contributed by atoms with Gasteiger partial charge in [0.15, 0.2) is 0 Å². The first-order chi connectivity index (χ1) is 4.31. The molecule has 0 aromatic rings. The fourth-order valence-corrected chi connectivity index (χ4v) is 0.510. The molecule has 0 rings (SSSR count). The van der Waals surface area contributed by atoms with Crippen molar-refractivity contribution in [2.24, 2.45) is 0 Å². The van der Waals surface area contributed by atoms with Crippen LogP contribution in [0.15, 0.2) is 0 Å². The summed E-state index contributed by atoms with van der Waals surface area (Å²) in [4.78, 5) is 0. The third-order valence-electron chi connectivity index (χ3n) is 0.985. The molecule has 0 aromatic carbocycles. The monoisotopic (exact) mass is 130 g/mol. The van der Waals surface area contributed by atoms with Crippen molar-refractivity contribution in [3.05, 3.63) is 0 Å². The third kappa shape index (κ3) is 5.25. The van der Waals surface area contributed by atoms with Gasteiger partial charge in [0.25, 0.3) is 0 Å². The Kier molecular flexibility index (Phi) is 5.14. The van der Waals surface area contributed by atoms with Crippen LogP contribution in [0.5, 0.6) is 0 Å². The quantitative estimate of drug-likeness (QED) is 0.612. The summed E-state index contributed by atoms with van der Waals surface area (Å²) in [5.74, 6) is 0. The molecule has 0 aromatic heterocycles. The van der Waals surface area contributed by atoms with Gasteiger partial charge in [-0.15, -0.1) is 0 Å². The van der Waals surface area contributed by atoms with Crippen molar-refractivity contribution in [2.75, 3.05) is 13.2 Å². The highest BCUT2D eigenvalue weighted by Crippen LogP contribution is 1.85. The fraction of sp³-hybridized carbons (Fsp3) is 0.833. The van der Waals surface area contributed by atoms with E-state index in [2.05, 4.69) is 5.32 Å². The van der Waals surface area contributed by atoms with Crippen molar-refractivity contribution in [2.45, 2.75) is 19.4 Å². The Hall–Kier alpha value is -0.620. The molecule has 9 heavy (non-hydrogen) atoms. The zero-order valence-corrected chi connectivity index (χ0v) is 5.52. The van der Waals surface area contributed by atoms with E-state index in [4.69, 9.17) is 5.26 Å². The maximum Gasteiger partial charge on any atom is 0.102 e. The summed E-state index contributed by atoms with van der Waals surface area (Å²) in [7, 11) is 0. The molecule has 0 amide bonds. The van der Waals surface area contributed by atoms with Crippen molar-refractivity contribution in [3.8, 4) is 6.07 Å². The SMILES string of the molecule is CC(CC#N)NCCF. The highest BCUT2D eigenvalue weighted by molar-refractivity contribution is 4.76. The second-order valence-electron chi connectivity index (χ2n) is 1.91. The molecule has 52 valence electrons. The molecule has 0 aliphatic heterocycles. The van der Waals surface area contributed by atoms with Crippen LogP contribution in [0.25, 0.3) is 0 Å². The highest BCUT2D eigenvalue weighted by atomic mass is 19.1. The van der Waals surface area contributed by atoms with E-state index in [0.29, 0.717) is 13.0 Å². The first-order valence-electron chi connectivity index (χ1n) is 2.97. The molecule has 0 aliphatic rings. The normalized spacial score (nSPS) is 12.6. The molecule has 2 nitrogen and oxygen atoms in total. The van der Waals surface area contributed by atoms with Gasteiger partial charge in [-0.3, -0.25) is 0 Å². The lowest BCUT2D eigenvalue weighted by Gasteiger charge is -2.05. The Bertz CT molecular complexity index is 97.7. The Labute approximate surface area is 54.7 Å². The van der Waals surface area contributed by atoms with Gasteiger partial charge in [0.1, 0.15) is 6.67 Å². The molecule has 1 unspecified atom stereocenters. The molecular weight excluding hydrogens is 119 g/mol. The topological polar surface area (TPSA) is 35.8 Å². The lowest BCUT2D eigenvalue weighted by atomic mass is 10.2. The smallest absolute Gasteiger partial charge is 0.102 e. The third-order valence-corrected chi connectivity index (χ3v) is 0.985. The molecule has 0 radical (unpaired) electrons. The minimum Gasteiger partial charge on any atom is -0.311 e. The minimum absolute atomic E-state index is 0.116. The van der Waals surface area contributed by atoms with Crippen LogP contribution in [-0.2, 0) is 0 Å². The first kappa shape index (κ1) is 8.38. The molecule has 1 N–H and O–H groups in total. The van der Waals surface area contributed by atoms with Crippen LogP contribution in [0.2, 0.25) is 0 Å². The van der Waals surface area contributed by atoms with Crippen molar-refractivity contribution >= 4 is 0 Å². The molecule has 1 atom stereocenters. The van der Waals surface area contributed by atoms with E-state index in [1.807, 2.05) is 13.0 Å². The maximum atomic E-state index is 11.4. The number of nitrogens with zero attached hydrogens (tertiary/aromatic N) is 1. The first-order valence-corrected chi connectivity index (χ1v) is 2.97. The number of hydrogen-bond donors (Lipinski definition) is 1. The molecule has 0 saturated heterocycles. The number of hydrogen-bond acceptors (Lipinski definition) is 2. The molecule has 0 spiro atoms. The van der Waals surface area contributed by atoms with Gasteiger partial charge in [0.05, 0.1) is 12.5 Å². The highest BCUT2D eigenvalue weighted by Gasteiger charge is 1.96. The second kappa shape index (κ2) is 5.52. The second-order valence-corrected chi connectivity index (χ2v) is 1.91. The predicted octanol–water partition coefficient (Wildman–Crippen LogP) is 0.848. The van der Waals surface area contributed by atoms with Gasteiger partial charge in [-0.25, -0.2) is 4.39 Å². The maximum absolute atomic E-state index is 11.4. The largest absolute Gasteiger partial charge is 0.311 e. The molecule has 0 fully saturated rings. The Morgan fingerprint density at radius 1 is 1.78 bits per heavy atom. The summed E-state index contributed by atoms with van der Waals surface area (Å²) in [5.41, 5.74) is 0. The van der Waals surface area contributed by atoms with Crippen LogP contribution in [0.4, 0.5) is 4.39 Å². The number of nitrogens with one attached hydrogen (secondary N) is 1. The van der Waals surface area contributed by atoms with Gasteiger partial charge < -0.3 is 5.32 Å². The van der Waals surface area contributed by atoms with Crippen LogP contribution >= 0.6 is 0 Å². The van der Waals surface area contributed by atoms with E-state index < -0.39 is 0 Å². The summed E-state index contributed by atoms with van der Waals surface area (Å²) in [6.45, 7) is 1.84. The molecule has 0 heterocycles. The van der Waals surface area contributed by atoms with E-state index in [1.54, 1.807) is 0 Å². The molecule has 0 saturated carbocycles. The standard InChI is InChI=1S/C6H11FN2/c1-6(2-4-8)9-5-3-7/h6,9H,2-3,5H2,1H3. The van der Waals surface area contributed by atoms with Crippen molar-refractivity contribution in [1.29, 1.82) is 5.26 Å². The van der Waals surface area contributed by atoms with Gasteiger partial charge in [-0.1, -0.05) is 0 Å². The lowest BCUT2D eigenvalue weighted by molar-refractivity contribution is 0.441. The average Bonchev–Trinajstić information content (AvgIpc) is 1.85. The van der Waals surface area contributed by atoms with Gasteiger partial charge in [0, 0.05) is 12.6 Å². The molecule has 3 heteroatoms. The van der Waals surface area contributed by atoms with Crippen molar-refractivity contribution < 1.29 is 4.39 Å². The zero-order chi connectivity index (χ0) is 7.11. The number of halogens is 1. The summed E-state index contributed by atoms with van der Waals surface area (Å²) in [5, 5.41) is 11.0. The Balaban J connectivity index is 3.08. The van der Waals surface area contributed by atoms with Gasteiger partial charge in [-0.2, -0.15) is 5.26 Å². The van der Waals surface area contributed by atoms with E-state index >= 15 is 0 Å². The van der Waals surface area contributed by atoms with Gasteiger partial charge in [0.2, 0.25) is 0 Å². The number of rotatable bonds is 4. The van der Waals surface area contributed by atoms with E-state index in [9.17, 15) is 4.39 Å². The van der Waals surface area contributed by atoms with Crippen LogP contribution in [-0.4, -0.2) is 19.3 Å². The van der Waals surface area contributed by atoms with E-state index in [1.165, 1.54) is 0 Å². The van der Waals surface area contributed by atoms with Crippen LogP contribution < -0.4 is 5.32 Å². The summed E-state index contributed by atoms with van der Waals surface area (Å²) < 4.78 is 11.4. The summed E-state index contributed by atoms with van der Waals surface area (Å²) in [6.07, 6.45) is 0.444. The minimum atomic E-state index is -0.365. The van der Waals surface area contributed by atoms with Gasteiger partial charge >= 0.3 is 0 Å². The van der Waals surface area contributed by atoms with Crippen LogP contribution in [0.3, 0.4) is 0 Å². The van der Waals surface area contributed by atoms with Crippen LogP contribution in [0, 0.1) is 11.3 Å². The Morgan fingerprint density at radius 3 is 2.89 bits per heavy atom. The van der Waals surface area contributed by atoms with Crippen molar-refractivity contribution in [1.82, 2.24) is 5.32 Å². The summed E-state index contributed by atoms with van der Waals surface area (Å²) >= 11 is 0. The zero-order valence-electron chi connectivity index (χ0n) is 5.52. The predicted molar refractivity (Wildman–Crippen MR) is 33.7 cm³/mol. The number of nitriles is 1. The molecular formula is C6H11FN2. The fourth-order valence-electron chi connectivity index (χ4n) is 0.510. The van der Waals surface area contributed by atoms with Crippen molar-refractivity contribution in [3.63, 3.8) is 0 Å². The molecule has 0 aliphatic carbocycles. The van der Waals surface area contributed by atoms with E-state index in [-0.39, 0.29) is 12.7 Å². The van der Waals surface area contributed by atoms with E-state index in [0.717, 1.165) is 0 Å².